The van der Waals surface area contributed by atoms with E-state index in [0.29, 0.717) is 33.1 Å². The second-order valence-electron chi connectivity index (χ2n) is 10.6. The molecule has 2 aromatic heterocycles. The first kappa shape index (κ1) is 27.9. The molecule has 1 unspecified atom stereocenters. The zero-order valence-corrected chi connectivity index (χ0v) is 23.5. The maximum absolute atomic E-state index is 13.9. The summed E-state index contributed by atoms with van der Waals surface area (Å²) < 4.78 is 1.47. The van der Waals surface area contributed by atoms with Crippen LogP contribution in [-0.4, -0.2) is 54.1 Å². The molecule has 1 atom stereocenters. The van der Waals surface area contributed by atoms with Crippen molar-refractivity contribution in [2.75, 3.05) is 12.3 Å². The molecular weight excluding hydrogens is 542 g/mol. The van der Waals surface area contributed by atoms with E-state index in [2.05, 4.69) is 20.5 Å². The van der Waals surface area contributed by atoms with Gasteiger partial charge in [-0.05, 0) is 53.3 Å². The number of hydrogen-bond donors (Lipinski definition) is 1. The molecule has 2 N–H and O–H groups in total. The van der Waals surface area contributed by atoms with Crippen molar-refractivity contribution in [3.8, 4) is 5.69 Å². The van der Waals surface area contributed by atoms with Gasteiger partial charge in [-0.15, -0.1) is 5.10 Å². The third-order valence-corrected chi connectivity index (χ3v) is 7.30. The lowest BCUT2D eigenvalue weighted by Gasteiger charge is -2.43. The summed E-state index contributed by atoms with van der Waals surface area (Å²) in [6.07, 6.45) is 6.12. The fourth-order valence-corrected chi connectivity index (χ4v) is 5.32. The van der Waals surface area contributed by atoms with Crippen molar-refractivity contribution in [3.63, 3.8) is 0 Å². The number of fused-ring (bicyclic) bond motifs is 1. The summed E-state index contributed by atoms with van der Waals surface area (Å²) in [7, 11) is 0. The minimum Gasteiger partial charge on any atom is -0.397 e. The van der Waals surface area contributed by atoms with E-state index in [0.717, 1.165) is 11.3 Å². The molecule has 10 nitrogen and oxygen atoms in total. The number of rotatable bonds is 7. The van der Waals surface area contributed by atoms with Gasteiger partial charge in [-0.25, -0.2) is 0 Å². The predicted octanol–water partition coefficient (Wildman–Crippen LogP) is 4.18. The summed E-state index contributed by atoms with van der Waals surface area (Å²) >= 11 is 6.25. The number of Topliss-reactive ketones (excluding diaryl/α,β-unsaturated/α-hetero) is 2. The fourth-order valence-electron chi connectivity index (χ4n) is 5.14. The molecule has 11 heteroatoms. The number of amides is 1. The number of nitrogens with zero attached hydrogens (tertiary/aromatic N) is 6. The fraction of sp³-hybridized carbons (Fsp3) is 0.233. The van der Waals surface area contributed by atoms with Gasteiger partial charge in [0.1, 0.15) is 12.4 Å². The van der Waals surface area contributed by atoms with E-state index in [-0.39, 0.29) is 30.4 Å². The molecule has 1 aliphatic heterocycles. The molecule has 3 heterocycles. The Morgan fingerprint density at radius 2 is 1.88 bits per heavy atom. The van der Waals surface area contributed by atoms with Gasteiger partial charge in [0.2, 0.25) is 5.91 Å². The number of halogens is 1. The normalized spacial score (nSPS) is 16.0. The standard InChI is InChI=1S/C30H28ClN7O3/c1-18(39)20-6-4-19(5-7-20)12-26(40)28-24-14-23(32)15-33-29(24)30(2,3)16-37(28)27(41)11-8-21-13-22(31)9-10-25(21)38-17-34-35-36-38/h4-11,13-15,17,28H,12,16,32H2,1-3H3/b11-8+. The first-order valence-electron chi connectivity index (χ1n) is 12.9. The van der Waals surface area contributed by atoms with Crippen molar-refractivity contribution < 1.29 is 14.4 Å². The smallest absolute Gasteiger partial charge is 0.247 e. The zero-order chi connectivity index (χ0) is 29.3. The lowest BCUT2D eigenvalue weighted by molar-refractivity contribution is -0.137. The molecule has 0 aliphatic carbocycles. The van der Waals surface area contributed by atoms with Crippen molar-refractivity contribution in [2.24, 2.45) is 0 Å². The number of carbonyl (C=O) groups is 3. The van der Waals surface area contributed by atoms with Crippen molar-refractivity contribution >= 4 is 40.8 Å². The number of carbonyl (C=O) groups excluding carboxylic acids is 3. The molecule has 4 aromatic rings. The van der Waals surface area contributed by atoms with Crippen LogP contribution in [-0.2, 0) is 21.4 Å². The lowest BCUT2D eigenvalue weighted by Crippen LogP contribution is -2.50. The van der Waals surface area contributed by atoms with Gasteiger partial charge in [0.25, 0.3) is 0 Å². The molecule has 1 aliphatic rings. The zero-order valence-electron chi connectivity index (χ0n) is 22.8. The molecule has 5 rings (SSSR count). The molecule has 0 saturated carbocycles. The predicted molar refractivity (Wildman–Crippen MR) is 154 cm³/mol. The van der Waals surface area contributed by atoms with Crippen LogP contribution in [0.15, 0.2) is 67.1 Å². The molecule has 0 fully saturated rings. The Morgan fingerprint density at radius 1 is 1.12 bits per heavy atom. The van der Waals surface area contributed by atoms with Crippen molar-refractivity contribution in [2.45, 2.75) is 38.6 Å². The van der Waals surface area contributed by atoms with Crippen LogP contribution < -0.4 is 5.73 Å². The van der Waals surface area contributed by atoms with Gasteiger partial charge in [0, 0.05) is 46.2 Å². The van der Waals surface area contributed by atoms with Crippen LogP contribution in [0.3, 0.4) is 0 Å². The number of hydrogen-bond acceptors (Lipinski definition) is 8. The maximum atomic E-state index is 13.9. The summed E-state index contributed by atoms with van der Waals surface area (Å²) in [6, 6.07) is 12.9. The Morgan fingerprint density at radius 3 is 2.56 bits per heavy atom. The number of nitrogens with two attached hydrogens (primary N) is 1. The maximum Gasteiger partial charge on any atom is 0.247 e. The average Bonchev–Trinajstić information content (AvgIpc) is 3.46. The van der Waals surface area contributed by atoms with E-state index in [1.54, 1.807) is 65.7 Å². The van der Waals surface area contributed by atoms with E-state index in [9.17, 15) is 14.4 Å². The lowest BCUT2D eigenvalue weighted by atomic mass is 9.77. The Hall–Kier alpha value is -4.70. The van der Waals surface area contributed by atoms with Gasteiger partial charge in [-0.3, -0.25) is 19.4 Å². The summed E-state index contributed by atoms with van der Waals surface area (Å²) in [6.45, 7) is 5.71. The van der Waals surface area contributed by atoms with Gasteiger partial charge in [0.15, 0.2) is 11.6 Å². The Balaban J connectivity index is 1.51. The topological polar surface area (TPSA) is 137 Å². The summed E-state index contributed by atoms with van der Waals surface area (Å²) in [5, 5.41) is 11.8. The number of ketones is 2. The van der Waals surface area contributed by atoms with Gasteiger partial charge in [-0.2, -0.15) is 4.68 Å². The molecule has 0 bridgehead atoms. The summed E-state index contributed by atoms with van der Waals surface area (Å²) in [5.41, 5.74) is 9.84. The quantitative estimate of drug-likeness (QED) is 0.258. The SMILES string of the molecule is CC(=O)c1ccc(CC(=O)C2c3cc(N)cnc3C(C)(C)CN2C(=O)/C=C/c2cc(Cl)ccc2-n2cnnn2)cc1. The van der Waals surface area contributed by atoms with Crippen LogP contribution in [0.4, 0.5) is 5.69 Å². The van der Waals surface area contributed by atoms with E-state index < -0.39 is 11.5 Å². The number of anilines is 1. The number of aromatic nitrogens is 5. The third kappa shape index (κ3) is 5.78. The van der Waals surface area contributed by atoms with Gasteiger partial charge in [0.05, 0.1) is 23.3 Å². The van der Waals surface area contributed by atoms with E-state index >= 15 is 0 Å². The molecular formula is C30H28ClN7O3. The van der Waals surface area contributed by atoms with Crippen LogP contribution in [0.2, 0.25) is 5.02 Å². The van der Waals surface area contributed by atoms with Crippen LogP contribution in [0.5, 0.6) is 0 Å². The molecule has 2 aromatic carbocycles. The number of tetrazole rings is 1. The van der Waals surface area contributed by atoms with E-state index in [4.69, 9.17) is 17.3 Å². The van der Waals surface area contributed by atoms with E-state index in [1.807, 2.05) is 13.8 Å². The van der Waals surface area contributed by atoms with Gasteiger partial charge in [-0.1, -0.05) is 49.7 Å². The van der Waals surface area contributed by atoms with Crippen LogP contribution >= 0.6 is 11.6 Å². The van der Waals surface area contributed by atoms with Gasteiger partial charge >= 0.3 is 0 Å². The number of nitrogen functional groups attached to an aromatic ring is 1. The molecule has 41 heavy (non-hydrogen) atoms. The van der Waals surface area contributed by atoms with Crippen molar-refractivity contribution in [3.05, 3.63) is 100 Å². The Labute approximate surface area is 241 Å². The highest BCUT2D eigenvalue weighted by molar-refractivity contribution is 6.30. The van der Waals surface area contributed by atoms with Crippen LogP contribution in [0.1, 0.15) is 59.6 Å². The molecule has 208 valence electrons. The summed E-state index contributed by atoms with van der Waals surface area (Å²) in [5.74, 6) is -0.609. The largest absolute Gasteiger partial charge is 0.397 e. The van der Waals surface area contributed by atoms with Crippen molar-refractivity contribution in [1.82, 2.24) is 30.1 Å². The average molecular weight is 570 g/mol. The molecule has 0 radical (unpaired) electrons. The highest BCUT2D eigenvalue weighted by Gasteiger charge is 2.43. The summed E-state index contributed by atoms with van der Waals surface area (Å²) in [4.78, 5) is 45.6. The van der Waals surface area contributed by atoms with Crippen molar-refractivity contribution in [1.29, 1.82) is 0 Å². The Bertz CT molecular complexity index is 1660. The highest BCUT2D eigenvalue weighted by atomic mass is 35.5. The highest BCUT2D eigenvalue weighted by Crippen LogP contribution is 2.40. The molecule has 1 amide bonds. The number of benzene rings is 2. The first-order valence-corrected chi connectivity index (χ1v) is 13.3. The first-order chi connectivity index (χ1) is 19.5. The van der Waals surface area contributed by atoms with Crippen LogP contribution in [0, 0.1) is 0 Å². The number of pyridine rings is 1. The third-order valence-electron chi connectivity index (χ3n) is 7.07. The Kier molecular flexibility index (Phi) is 7.51. The second kappa shape index (κ2) is 11.1. The minimum absolute atomic E-state index is 0.0561. The molecule has 0 spiro atoms. The molecule has 0 saturated heterocycles. The van der Waals surface area contributed by atoms with Gasteiger partial charge < -0.3 is 10.6 Å². The monoisotopic (exact) mass is 569 g/mol. The minimum atomic E-state index is -0.906. The van der Waals surface area contributed by atoms with E-state index in [1.165, 1.54) is 24.0 Å². The van der Waals surface area contributed by atoms with Crippen LogP contribution in [0.25, 0.3) is 11.8 Å². The second-order valence-corrected chi connectivity index (χ2v) is 11.1.